The van der Waals surface area contributed by atoms with Gasteiger partial charge in [0.2, 0.25) is 0 Å². The van der Waals surface area contributed by atoms with Gasteiger partial charge in [-0.1, -0.05) is 12.1 Å². The van der Waals surface area contributed by atoms with Crippen LogP contribution in [0.3, 0.4) is 0 Å². The Morgan fingerprint density at radius 3 is 2.53 bits per heavy atom. The van der Waals surface area contributed by atoms with Crippen molar-refractivity contribution in [2.45, 2.75) is 13.8 Å². The van der Waals surface area contributed by atoms with Gasteiger partial charge >= 0.3 is 0 Å². The van der Waals surface area contributed by atoms with Crippen LogP contribution in [0.5, 0.6) is 0 Å². The fraction of sp³-hybridized carbons (Fsp3) is 0.200. The molecule has 19 heavy (non-hydrogen) atoms. The molecule has 1 N–H and O–H groups in total. The van der Waals surface area contributed by atoms with Gasteiger partial charge in [-0.15, -0.1) is 0 Å². The zero-order valence-electron chi connectivity index (χ0n) is 11.2. The molecule has 0 fully saturated rings. The number of aryl methyl sites for hydroxylation is 2. The van der Waals surface area contributed by atoms with Crippen molar-refractivity contribution in [2.24, 2.45) is 7.05 Å². The van der Waals surface area contributed by atoms with Crippen LogP contribution in [-0.4, -0.2) is 16.3 Å². The summed E-state index contributed by atoms with van der Waals surface area (Å²) in [7, 11) is 1.75. The van der Waals surface area contributed by atoms with E-state index >= 15 is 0 Å². The summed E-state index contributed by atoms with van der Waals surface area (Å²) in [6, 6.07) is 9.18. The van der Waals surface area contributed by atoms with Gasteiger partial charge in [0.1, 0.15) is 5.69 Å². The molecule has 2 rings (SSSR count). The van der Waals surface area contributed by atoms with Crippen LogP contribution >= 0.6 is 0 Å². The number of amides is 1. The quantitative estimate of drug-likeness (QED) is 0.858. The van der Waals surface area contributed by atoms with Crippen molar-refractivity contribution in [3.05, 3.63) is 53.3 Å². The first-order chi connectivity index (χ1) is 8.97. The van der Waals surface area contributed by atoms with Crippen molar-refractivity contribution in [1.29, 1.82) is 0 Å². The number of hydrogen-bond donors (Lipinski definition) is 1. The molecule has 4 heteroatoms. The lowest BCUT2D eigenvalue weighted by atomic mass is 10.2. The molecule has 0 aliphatic carbocycles. The molecule has 0 aliphatic heterocycles. The molecule has 98 valence electrons. The zero-order chi connectivity index (χ0) is 14.0. The normalized spacial score (nSPS) is 10.3. The van der Waals surface area contributed by atoms with E-state index < -0.39 is 0 Å². The second-order valence-corrected chi connectivity index (χ2v) is 4.60. The minimum absolute atomic E-state index is 0.0507. The molecule has 1 aromatic heterocycles. The van der Waals surface area contributed by atoms with Gasteiger partial charge in [-0.3, -0.25) is 9.59 Å². The smallest absolute Gasteiger partial charge is 0.272 e. The Bertz CT molecular complexity index is 641. The van der Waals surface area contributed by atoms with E-state index in [9.17, 15) is 9.59 Å². The molecule has 1 heterocycles. The number of anilines is 1. The van der Waals surface area contributed by atoms with Crippen LogP contribution in [0.15, 0.2) is 36.5 Å². The summed E-state index contributed by atoms with van der Waals surface area (Å²) in [5.41, 5.74) is 2.83. The Kier molecular flexibility index (Phi) is 3.51. The minimum atomic E-state index is -0.222. The molecular weight excluding hydrogens is 240 g/mol. The highest BCUT2D eigenvalue weighted by Gasteiger charge is 2.13. The SMILES string of the molecule is CC(=O)c1cc(C(=O)Nc2cccc(C)c2)n(C)c1. The Hall–Kier alpha value is -2.36. The molecular formula is C15H16N2O2. The van der Waals surface area contributed by atoms with Crippen molar-refractivity contribution in [3.8, 4) is 0 Å². The lowest BCUT2D eigenvalue weighted by Gasteiger charge is -2.06. The summed E-state index contributed by atoms with van der Waals surface area (Å²) in [5, 5.41) is 2.82. The van der Waals surface area contributed by atoms with Crippen LogP contribution in [0.25, 0.3) is 0 Å². The van der Waals surface area contributed by atoms with Crippen molar-refractivity contribution in [3.63, 3.8) is 0 Å². The van der Waals surface area contributed by atoms with Crippen LogP contribution in [0, 0.1) is 6.92 Å². The Morgan fingerprint density at radius 2 is 1.95 bits per heavy atom. The number of Topliss-reactive ketones (excluding diaryl/α,β-unsaturated/α-hetero) is 1. The van der Waals surface area contributed by atoms with Crippen LogP contribution in [0.4, 0.5) is 5.69 Å². The number of aromatic nitrogens is 1. The largest absolute Gasteiger partial charge is 0.346 e. The highest BCUT2D eigenvalue weighted by atomic mass is 16.2. The molecule has 4 nitrogen and oxygen atoms in total. The van der Waals surface area contributed by atoms with Gasteiger partial charge in [0.15, 0.2) is 5.78 Å². The third-order valence-electron chi connectivity index (χ3n) is 2.92. The van der Waals surface area contributed by atoms with Crippen molar-refractivity contribution in [1.82, 2.24) is 4.57 Å². The molecule has 0 atom stereocenters. The molecule has 0 bridgehead atoms. The van der Waals surface area contributed by atoms with Gasteiger partial charge in [0.05, 0.1) is 0 Å². The van der Waals surface area contributed by atoms with E-state index in [-0.39, 0.29) is 11.7 Å². The van der Waals surface area contributed by atoms with Crippen LogP contribution in [0.1, 0.15) is 33.3 Å². The van der Waals surface area contributed by atoms with Crippen molar-refractivity contribution >= 4 is 17.4 Å². The summed E-state index contributed by atoms with van der Waals surface area (Å²) in [5.74, 6) is -0.272. The highest BCUT2D eigenvalue weighted by Crippen LogP contribution is 2.13. The lowest BCUT2D eigenvalue weighted by molar-refractivity contribution is 0.101. The molecule has 2 aromatic rings. The molecule has 1 amide bonds. The summed E-state index contributed by atoms with van der Waals surface area (Å²) in [6.07, 6.45) is 1.66. The Morgan fingerprint density at radius 1 is 1.21 bits per heavy atom. The summed E-state index contributed by atoms with van der Waals surface area (Å²) in [4.78, 5) is 23.4. The fourth-order valence-electron chi connectivity index (χ4n) is 1.90. The standard InChI is InChI=1S/C15H16N2O2/c1-10-5-4-6-13(7-10)16-15(19)14-8-12(11(2)18)9-17(14)3/h4-9H,1-3H3,(H,16,19). The molecule has 1 aromatic carbocycles. The van der Waals surface area contributed by atoms with E-state index in [1.54, 1.807) is 23.9 Å². The van der Waals surface area contributed by atoms with E-state index in [1.807, 2.05) is 31.2 Å². The molecule has 0 spiro atoms. The monoisotopic (exact) mass is 256 g/mol. The maximum Gasteiger partial charge on any atom is 0.272 e. The number of nitrogens with one attached hydrogen (secondary N) is 1. The number of rotatable bonds is 3. The third-order valence-corrected chi connectivity index (χ3v) is 2.92. The number of hydrogen-bond acceptors (Lipinski definition) is 2. The highest BCUT2D eigenvalue weighted by molar-refractivity contribution is 6.05. The molecule has 0 unspecified atom stereocenters. The number of nitrogens with zero attached hydrogens (tertiary/aromatic N) is 1. The second kappa shape index (κ2) is 5.10. The van der Waals surface area contributed by atoms with Crippen LogP contribution < -0.4 is 5.32 Å². The van der Waals surface area contributed by atoms with Gasteiger partial charge in [-0.05, 0) is 37.6 Å². The maximum absolute atomic E-state index is 12.1. The van der Waals surface area contributed by atoms with E-state index in [2.05, 4.69) is 5.32 Å². The predicted molar refractivity (Wildman–Crippen MR) is 74.5 cm³/mol. The van der Waals surface area contributed by atoms with Gasteiger partial charge in [-0.25, -0.2) is 0 Å². The van der Waals surface area contributed by atoms with Crippen molar-refractivity contribution < 1.29 is 9.59 Å². The van der Waals surface area contributed by atoms with E-state index in [0.29, 0.717) is 11.3 Å². The first-order valence-electron chi connectivity index (χ1n) is 6.02. The molecule has 0 saturated carbocycles. The zero-order valence-corrected chi connectivity index (χ0v) is 11.2. The van der Waals surface area contributed by atoms with E-state index in [4.69, 9.17) is 0 Å². The molecule has 0 radical (unpaired) electrons. The summed E-state index contributed by atoms with van der Waals surface area (Å²) < 4.78 is 1.65. The maximum atomic E-state index is 12.1. The average Bonchev–Trinajstić information content (AvgIpc) is 2.71. The Labute approximate surface area is 112 Å². The number of ketones is 1. The van der Waals surface area contributed by atoms with Gasteiger partial charge in [-0.2, -0.15) is 0 Å². The van der Waals surface area contributed by atoms with Gasteiger partial charge in [0.25, 0.3) is 5.91 Å². The van der Waals surface area contributed by atoms with Gasteiger partial charge in [0, 0.05) is 24.5 Å². The fourth-order valence-corrected chi connectivity index (χ4v) is 1.90. The lowest BCUT2D eigenvalue weighted by Crippen LogP contribution is -2.15. The number of carbonyl (C=O) groups excluding carboxylic acids is 2. The van der Waals surface area contributed by atoms with Crippen LogP contribution in [-0.2, 0) is 7.05 Å². The Balaban J connectivity index is 2.23. The van der Waals surface area contributed by atoms with Crippen LogP contribution in [0.2, 0.25) is 0 Å². The first kappa shape index (κ1) is 13.1. The third kappa shape index (κ3) is 2.91. The predicted octanol–water partition coefficient (Wildman–Crippen LogP) is 2.79. The minimum Gasteiger partial charge on any atom is -0.346 e. The van der Waals surface area contributed by atoms with Gasteiger partial charge < -0.3 is 9.88 Å². The first-order valence-corrected chi connectivity index (χ1v) is 6.02. The number of benzene rings is 1. The molecule has 0 saturated heterocycles. The number of carbonyl (C=O) groups is 2. The molecule has 0 aliphatic rings. The van der Waals surface area contributed by atoms with E-state index in [0.717, 1.165) is 11.3 Å². The summed E-state index contributed by atoms with van der Waals surface area (Å²) in [6.45, 7) is 3.45. The van der Waals surface area contributed by atoms with Crippen molar-refractivity contribution in [2.75, 3.05) is 5.32 Å². The van der Waals surface area contributed by atoms with E-state index in [1.165, 1.54) is 6.92 Å². The second-order valence-electron chi connectivity index (χ2n) is 4.60. The average molecular weight is 256 g/mol. The summed E-state index contributed by atoms with van der Waals surface area (Å²) >= 11 is 0. The topological polar surface area (TPSA) is 51.1 Å².